The van der Waals surface area contributed by atoms with Gasteiger partial charge in [-0.25, -0.2) is 9.97 Å². The van der Waals surface area contributed by atoms with Gasteiger partial charge in [0.1, 0.15) is 12.1 Å². The van der Waals surface area contributed by atoms with Crippen molar-refractivity contribution in [3.8, 4) is 0 Å². The second kappa shape index (κ2) is 5.13. The average Bonchev–Trinajstić information content (AvgIpc) is 2.33. The third-order valence-corrected chi connectivity index (χ3v) is 4.93. The summed E-state index contributed by atoms with van der Waals surface area (Å²) < 4.78 is 0.953. The number of hydrogen-bond donors (Lipinski definition) is 1. The number of halogens is 1. The molecular formula is C13H19BrN4. The molecule has 98 valence electrons. The van der Waals surface area contributed by atoms with Gasteiger partial charge in [0.2, 0.25) is 0 Å². The van der Waals surface area contributed by atoms with Gasteiger partial charge < -0.3 is 10.2 Å². The molecule has 2 saturated heterocycles. The van der Waals surface area contributed by atoms with Crippen LogP contribution in [0.1, 0.15) is 32.1 Å². The fraction of sp³-hybridized carbons (Fsp3) is 0.692. The van der Waals surface area contributed by atoms with Crippen molar-refractivity contribution >= 4 is 21.7 Å². The summed E-state index contributed by atoms with van der Waals surface area (Å²) in [4.78, 5) is 10.9. The minimum atomic E-state index is 0.544. The zero-order valence-corrected chi connectivity index (χ0v) is 12.2. The largest absolute Gasteiger partial charge is 0.366 e. The van der Waals surface area contributed by atoms with Crippen LogP contribution in [0.4, 0.5) is 5.82 Å². The standard InChI is InChI=1S/C13H19BrN4/c1-18-10-3-2-4-11(18)6-9(5-10)17-13-12(14)7-15-8-16-13/h7-11H,2-6H2,1H3,(H,15,16,17). The molecule has 1 N–H and O–H groups in total. The van der Waals surface area contributed by atoms with Crippen molar-refractivity contribution in [3.63, 3.8) is 0 Å². The molecule has 1 aromatic heterocycles. The molecule has 0 saturated carbocycles. The first-order valence-electron chi connectivity index (χ1n) is 6.68. The number of hydrogen-bond acceptors (Lipinski definition) is 4. The van der Waals surface area contributed by atoms with Gasteiger partial charge in [0.15, 0.2) is 0 Å². The molecule has 2 bridgehead atoms. The lowest BCUT2D eigenvalue weighted by molar-refractivity contribution is 0.0608. The minimum absolute atomic E-state index is 0.544. The quantitative estimate of drug-likeness (QED) is 0.912. The first kappa shape index (κ1) is 12.4. The van der Waals surface area contributed by atoms with Crippen LogP contribution in [0.5, 0.6) is 0 Å². The molecule has 4 nitrogen and oxygen atoms in total. The zero-order valence-electron chi connectivity index (χ0n) is 10.6. The van der Waals surface area contributed by atoms with Crippen LogP contribution in [0, 0.1) is 0 Å². The second-order valence-corrected chi connectivity index (χ2v) is 6.29. The van der Waals surface area contributed by atoms with Crippen LogP contribution >= 0.6 is 15.9 Å². The van der Waals surface area contributed by atoms with Crippen molar-refractivity contribution in [3.05, 3.63) is 17.0 Å². The second-order valence-electron chi connectivity index (χ2n) is 5.44. The summed E-state index contributed by atoms with van der Waals surface area (Å²) in [6, 6.07) is 2.04. The maximum Gasteiger partial charge on any atom is 0.143 e. The van der Waals surface area contributed by atoms with Gasteiger partial charge in [-0.2, -0.15) is 0 Å². The van der Waals surface area contributed by atoms with Crippen LogP contribution in [-0.2, 0) is 0 Å². The number of rotatable bonds is 2. The maximum absolute atomic E-state index is 4.30. The van der Waals surface area contributed by atoms with E-state index in [0.717, 1.165) is 22.4 Å². The Hall–Kier alpha value is -0.680. The molecule has 18 heavy (non-hydrogen) atoms. The first-order valence-corrected chi connectivity index (χ1v) is 7.47. The van der Waals surface area contributed by atoms with Gasteiger partial charge in [-0.05, 0) is 48.7 Å². The molecule has 3 rings (SSSR count). The van der Waals surface area contributed by atoms with E-state index in [4.69, 9.17) is 0 Å². The number of nitrogens with one attached hydrogen (secondary N) is 1. The van der Waals surface area contributed by atoms with E-state index in [-0.39, 0.29) is 0 Å². The average molecular weight is 311 g/mol. The molecule has 3 heterocycles. The van der Waals surface area contributed by atoms with Gasteiger partial charge in [0.25, 0.3) is 0 Å². The maximum atomic E-state index is 4.30. The van der Waals surface area contributed by atoms with Crippen LogP contribution in [0.2, 0.25) is 0 Å². The molecule has 0 radical (unpaired) electrons. The van der Waals surface area contributed by atoms with Crippen LogP contribution in [0.15, 0.2) is 17.0 Å². The molecule has 2 aliphatic heterocycles. The molecule has 2 aliphatic rings. The highest BCUT2D eigenvalue weighted by Crippen LogP contribution is 2.34. The SMILES string of the molecule is CN1C2CCCC1CC(Nc1ncncc1Br)C2. The van der Waals surface area contributed by atoms with Gasteiger partial charge in [-0.1, -0.05) is 6.42 Å². The molecule has 0 spiro atoms. The Morgan fingerprint density at radius 2 is 2.06 bits per heavy atom. The van der Waals surface area contributed by atoms with E-state index in [2.05, 4.69) is 43.2 Å². The number of nitrogens with zero attached hydrogens (tertiary/aromatic N) is 3. The molecule has 0 amide bonds. The number of aromatic nitrogens is 2. The highest BCUT2D eigenvalue weighted by atomic mass is 79.9. The molecular weight excluding hydrogens is 292 g/mol. The van der Waals surface area contributed by atoms with E-state index in [1.807, 2.05) is 0 Å². The Labute approximate surface area is 116 Å². The van der Waals surface area contributed by atoms with Gasteiger partial charge in [0.05, 0.1) is 4.47 Å². The molecule has 0 aliphatic carbocycles. The smallest absolute Gasteiger partial charge is 0.143 e. The summed E-state index contributed by atoms with van der Waals surface area (Å²) >= 11 is 3.50. The molecule has 2 unspecified atom stereocenters. The summed E-state index contributed by atoms with van der Waals surface area (Å²) in [5, 5.41) is 3.57. The third kappa shape index (κ3) is 2.38. The fourth-order valence-electron chi connectivity index (χ4n) is 3.35. The summed E-state index contributed by atoms with van der Waals surface area (Å²) in [6.45, 7) is 0. The van der Waals surface area contributed by atoms with E-state index in [0.29, 0.717) is 6.04 Å². The van der Waals surface area contributed by atoms with Crippen LogP contribution in [0.3, 0.4) is 0 Å². The monoisotopic (exact) mass is 310 g/mol. The Morgan fingerprint density at radius 1 is 1.33 bits per heavy atom. The van der Waals surface area contributed by atoms with Crippen molar-refractivity contribution in [1.29, 1.82) is 0 Å². The fourth-order valence-corrected chi connectivity index (χ4v) is 3.68. The Morgan fingerprint density at radius 3 is 2.72 bits per heavy atom. The lowest BCUT2D eigenvalue weighted by Crippen LogP contribution is -2.52. The summed E-state index contributed by atoms with van der Waals surface area (Å²) in [7, 11) is 2.28. The van der Waals surface area contributed by atoms with Crippen molar-refractivity contribution < 1.29 is 0 Å². The lowest BCUT2D eigenvalue weighted by atomic mass is 9.82. The van der Waals surface area contributed by atoms with Gasteiger partial charge >= 0.3 is 0 Å². The Bertz CT molecular complexity index is 411. The normalized spacial score (nSPS) is 32.2. The summed E-state index contributed by atoms with van der Waals surface area (Å²) in [5.41, 5.74) is 0. The van der Waals surface area contributed by atoms with Gasteiger partial charge in [0, 0.05) is 24.3 Å². The Balaban J connectivity index is 1.70. The lowest BCUT2D eigenvalue weighted by Gasteiger charge is -2.47. The Kier molecular flexibility index (Phi) is 3.52. The van der Waals surface area contributed by atoms with E-state index in [1.54, 1.807) is 12.5 Å². The van der Waals surface area contributed by atoms with Crippen LogP contribution in [0.25, 0.3) is 0 Å². The molecule has 0 aromatic carbocycles. The minimum Gasteiger partial charge on any atom is -0.366 e. The predicted molar refractivity (Wildman–Crippen MR) is 75.6 cm³/mol. The molecule has 1 aromatic rings. The van der Waals surface area contributed by atoms with Gasteiger partial charge in [-0.3, -0.25) is 0 Å². The van der Waals surface area contributed by atoms with E-state index in [9.17, 15) is 0 Å². The zero-order chi connectivity index (χ0) is 12.5. The van der Waals surface area contributed by atoms with Crippen molar-refractivity contribution in [2.45, 2.75) is 50.2 Å². The number of piperidine rings is 2. The van der Waals surface area contributed by atoms with Gasteiger partial charge in [-0.15, -0.1) is 0 Å². The molecule has 2 fully saturated rings. The predicted octanol–water partition coefficient (Wildman–Crippen LogP) is 2.67. The molecule has 5 heteroatoms. The third-order valence-electron chi connectivity index (χ3n) is 4.35. The van der Waals surface area contributed by atoms with E-state index >= 15 is 0 Å². The van der Waals surface area contributed by atoms with Crippen LogP contribution < -0.4 is 5.32 Å². The van der Waals surface area contributed by atoms with Crippen molar-refractivity contribution in [2.24, 2.45) is 0 Å². The summed E-state index contributed by atoms with van der Waals surface area (Å²) in [5.74, 6) is 0.928. The number of fused-ring (bicyclic) bond motifs is 2. The van der Waals surface area contributed by atoms with Crippen LogP contribution in [-0.4, -0.2) is 40.0 Å². The highest BCUT2D eigenvalue weighted by molar-refractivity contribution is 9.10. The van der Waals surface area contributed by atoms with Crippen molar-refractivity contribution in [2.75, 3.05) is 12.4 Å². The highest BCUT2D eigenvalue weighted by Gasteiger charge is 2.36. The summed E-state index contributed by atoms with van der Waals surface area (Å²) in [6.07, 6.45) is 9.93. The number of anilines is 1. The van der Waals surface area contributed by atoms with E-state index < -0.39 is 0 Å². The van der Waals surface area contributed by atoms with E-state index in [1.165, 1.54) is 32.1 Å². The van der Waals surface area contributed by atoms with Crippen molar-refractivity contribution in [1.82, 2.24) is 14.9 Å². The molecule has 2 atom stereocenters. The first-order chi connectivity index (χ1) is 8.74. The topological polar surface area (TPSA) is 41.0 Å².